The molecule has 2 atom stereocenters. The lowest BCUT2D eigenvalue weighted by molar-refractivity contribution is 0.0935. The first-order valence-corrected chi connectivity index (χ1v) is 10.3. The van der Waals surface area contributed by atoms with Gasteiger partial charge in [0.1, 0.15) is 11.2 Å². The zero-order valence-electron chi connectivity index (χ0n) is 14.8. The van der Waals surface area contributed by atoms with Crippen molar-refractivity contribution in [3.63, 3.8) is 0 Å². The van der Waals surface area contributed by atoms with Crippen molar-refractivity contribution in [3.8, 4) is 0 Å². The number of amides is 1. The van der Waals surface area contributed by atoms with E-state index in [0.717, 1.165) is 34.9 Å². The van der Waals surface area contributed by atoms with Crippen LogP contribution in [-0.2, 0) is 12.8 Å². The second-order valence-electron chi connectivity index (χ2n) is 7.34. The van der Waals surface area contributed by atoms with Crippen molar-refractivity contribution < 1.29 is 4.79 Å². The fourth-order valence-corrected chi connectivity index (χ4v) is 5.76. The molecule has 26 heavy (non-hydrogen) atoms. The molecule has 1 amide bonds. The van der Waals surface area contributed by atoms with Gasteiger partial charge in [0.2, 0.25) is 0 Å². The van der Waals surface area contributed by atoms with E-state index in [0.29, 0.717) is 0 Å². The van der Waals surface area contributed by atoms with Crippen molar-refractivity contribution in [2.75, 3.05) is 5.32 Å². The Labute approximate surface area is 157 Å². The van der Waals surface area contributed by atoms with Crippen LogP contribution in [0.2, 0.25) is 0 Å². The number of anilines is 1. The third-order valence-corrected chi connectivity index (χ3v) is 7.04. The topological polar surface area (TPSA) is 41.1 Å². The summed E-state index contributed by atoms with van der Waals surface area (Å²) in [6, 6.07) is 14.6. The minimum Gasteiger partial charge on any atom is -0.353 e. The Morgan fingerprint density at radius 2 is 1.96 bits per heavy atom. The molecule has 0 saturated carbocycles. The fourth-order valence-electron chi connectivity index (χ4n) is 4.37. The first-order chi connectivity index (χ1) is 12.7. The predicted octanol–water partition coefficient (Wildman–Crippen LogP) is 5.27. The number of carbonyl (C=O) groups excluding carboxylic acids is 1. The SMILES string of the molecule is CC[C@H]1CCc2c(sc3c2C(=O)N[C@@H](c2cccc4ccccc24)N3)C1. The Bertz CT molecular complexity index is 1000. The maximum absolute atomic E-state index is 12.9. The van der Waals surface area contributed by atoms with Crippen LogP contribution in [0.25, 0.3) is 10.8 Å². The number of rotatable bonds is 2. The van der Waals surface area contributed by atoms with Crippen LogP contribution in [0.4, 0.5) is 5.00 Å². The molecule has 2 N–H and O–H groups in total. The molecule has 132 valence electrons. The molecular formula is C22H22N2OS. The molecule has 0 bridgehead atoms. The molecule has 3 aromatic rings. The first kappa shape index (κ1) is 15.9. The molecule has 0 spiro atoms. The molecule has 0 fully saturated rings. The van der Waals surface area contributed by atoms with Crippen LogP contribution in [0.3, 0.4) is 0 Å². The highest BCUT2D eigenvalue weighted by Crippen LogP contribution is 2.43. The highest BCUT2D eigenvalue weighted by molar-refractivity contribution is 7.16. The lowest BCUT2D eigenvalue weighted by Gasteiger charge is -2.28. The molecular weight excluding hydrogens is 340 g/mol. The summed E-state index contributed by atoms with van der Waals surface area (Å²) in [6.45, 7) is 2.27. The zero-order valence-corrected chi connectivity index (χ0v) is 15.7. The molecule has 3 nitrogen and oxygen atoms in total. The Morgan fingerprint density at radius 3 is 2.85 bits per heavy atom. The molecule has 1 aliphatic carbocycles. The first-order valence-electron chi connectivity index (χ1n) is 9.44. The molecule has 2 aliphatic rings. The van der Waals surface area contributed by atoms with E-state index in [-0.39, 0.29) is 12.1 Å². The van der Waals surface area contributed by atoms with Gasteiger partial charge in [-0.3, -0.25) is 4.79 Å². The van der Waals surface area contributed by atoms with Gasteiger partial charge in [-0.05, 0) is 41.5 Å². The molecule has 0 saturated heterocycles. The van der Waals surface area contributed by atoms with Gasteiger partial charge in [-0.1, -0.05) is 55.8 Å². The molecule has 1 aromatic heterocycles. The lowest BCUT2D eigenvalue weighted by Crippen LogP contribution is -2.38. The summed E-state index contributed by atoms with van der Waals surface area (Å²) in [6.07, 6.45) is 4.40. The Hall–Kier alpha value is -2.33. The zero-order chi connectivity index (χ0) is 17.7. The largest absolute Gasteiger partial charge is 0.353 e. The van der Waals surface area contributed by atoms with Gasteiger partial charge in [0.25, 0.3) is 5.91 Å². The van der Waals surface area contributed by atoms with E-state index >= 15 is 0 Å². The third kappa shape index (κ3) is 2.43. The maximum Gasteiger partial charge on any atom is 0.256 e. The number of fused-ring (bicyclic) bond motifs is 4. The second-order valence-corrected chi connectivity index (χ2v) is 8.45. The molecule has 0 unspecified atom stereocenters. The van der Waals surface area contributed by atoms with E-state index in [4.69, 9.17) is 0 Å². The quantitative estimate of drug-likeness (QED) is 0.652. The standard InChI is InChI=1S/C22H22N2OS/c1-2-13-10-11-17-18(12-13)26-22-19(17)21(25)23-20(24-22)16-9-5-7-14-6-3-4-8-15(14)16/h3-9,13,20,24H,2,10-12H2,1H3,(H,23,25)/t13-,20+/m0/s1. The van der Waals surface area contributed by atoms with Crippen molar-refractivity contribution >= 4 is 33.0 Å². The Kier molecular flexibility index (Phi) is 3.75. The summed E-state index contributed by atoms with van der Waals surface area (Å²) in [5.74, 6) is 0.837. The van der Waals surface area contributed by atoms with Crippen LogP contribution in [0.15, 0.2) is 42.5 Å². The van der Waals surface area contributed by atoms with E-state index in [9.17, 15) is 4.79 Å². The third-order valence-electron chi connectivity index (χ3n) is 5.86. The summed E-state index contributed by atoms with van der Waals surface area (Å²) in [5.41, 5.74) is 3.31. The second kappa shape index (κ2) is 6.13. The number of thiophene rings is 1. The minimum atomic E-state index is -0.178. The summed E-state index contributed by atoms with van der Waals surface area (Å²) < 4.78 is 0. The molecule has 2 heterocycles. The van der Waals surface area contributed by atoms with Crippen LogP contribution < -0.4 is 10.6 Å². The number of hydrogen-bond donors (Lipinski definition) is 2. The average Bonchev–Trinajstić information content (AvgIpc) is 3.05. The summed E-state index contributed by atoms with van der Waals surface area (Å²) in [5, 5.41) is 10.2. The summed E-state index contributed by atoms with van der Waals surface area (Å²) in [4.78, 5) is 14.4. The van der Waals surface area contributed by atoms with Crippen LogP contribution in [-0.4, -0.2) is 5.91 Å². The van der Waals surface area contributed by atoms with Gasteiger partial charge in [0, 0.05) is 10.4 Å². The number of hydrogen-bond acceptors (Lipinski definition) is 3. The monoisotopic (exact) mass is 362 g/mol. The summed E-state index contributed by atoms with van der Waals surface area (Å²) in [7, 11) is 0. The van der Waals surface area contributed by atoms with Crippen molar-refractivity contribution in [2.45, 2.75) is 38.8 Å². The van der Waals surface area contributed by atoms with Crippen LogP contribution >= 0.6 is 11.3 Å². The van der Waals surface area contributed by atoms with Crippen LogP contribution in [0.5, 0.6) is 0 Å². The Morgan fingerprint density at radius 1 is 1.12 bits per heavy atom. The molecule has 5 rings (SSSR count). The van der Waals surface area contributed by atoms with Gasteiger partial charge in [0.05, 0.1) is 5.56 Å². The minimum absolute atomic E-state index is 0.0733. The van der Waals surface area contributed by atoms with Gasteiger partial charge < -0.3 is 10.6 Å². The van der Waals surface area contributed by atoms with Crippen LogP contribution in [0.1, 0.15) is 52.3 Å². The molecule has 0 radical (unpaired) electrons. The number of nitrogens with one attached hydrogen (secondary N) is 2. The van der Waals surface area contributed by atoms with Crippen molar-refractivity contribution in [2.24, 2.45) is 5.92 Å². The number of benzene rings is 2. The van der Waals surface area contributed by atoms with E-state index in [1.807, 2.05) is 0 Å². The fraction of sp³-hybridized carbons (Fsp3) is 0.318. The maximum atomic E-state index is 12.9. The van der Waals surface area contributed by atoms with Gasteiger partial charge in [-0.15, -0.1) is 11.3 Å². The Balaban J connectivity index is 1.55. The smallest absolute Gasteiger partial charge is 0.256 e. The number of carbonyl (C=O) groups is 1. The molecule has 4 heteroatoms. The van der Waals surface area contributed by atoms with E-state index in [1.54, 1.807) is 11.3 Å². The molecule has 2 aromatic carbocycles. The van der Waals surface area contributed by atoms with E-state index in [2.05, 4.69) is 60.0 Å². The van der Waals surface area contributed by atoms with Gasteiger partial charge in [0.15, 0.2) is 0 Å². The van der Waals surface area contributed by atoms with Gasteiger partial charge in [-0.2, -0.15) is 0 Å². The van der Waals surface area contributed by atoms with Gasteiger partial charge in [-0.25, -0.2) is 0 Å². The normalized spacial score (nSPS) is 21.7. The predicted molar refractivity (Wildman–Crippen MR) is 108 cm³/mol. The van der Waals surface area contributed by atoms with Crippen molar-refractivity contribution in [1.82, 2.24) is 5.32 Å². The van der Waals surface area contributed by atoms with Crippen molar-refractivity contribution in [1.29, 1.82) is 0 Å². The highest BCUT2D eigenvalue weighted by atomic mass is 32.1. The average molecular weight is 362 g/mol. The summed E-state index contributed by atoms with van der Waals surface area (Å²) >= 11 is 1.79. The highest BCUT2D eigenvalue weighted by Gasteiger charge is 2.33. The van der Waals surface area contributed by atoms with E-state index in [1.165, 1.54) is 34.1 Å². The van der Waals surface area contributed by atoms with E-state index < -0.39 is 0 Å². The van der Waals surface area contributed by atoms with Gasteiger partial charge >= 0.3 is 0 Å². The van der Waals surface area contributed by atoms with Crippen LogP contribution in [0, 0.1) is 5.92 Å². The molecule has 1 aliphatic heterocycles. The van der Waals surface area contributed by atoms with Crippen molar-refractivity contribution in [3.05, 3.63) is 64.0 Å². The lowest BCUT2D eigenvalue weighted by atomic mass is 9.85.